The van der Waals surface area contributed by atoms with Crippen LogP contribution in [-0.4, -0.2) is 22.6 Å². The van der Waals surface area contributed by atoms with Gasteiger partial charge in [0.25, 0.3) is 0 Å². The first-order valence-corrected chi connectivity index (χ1v) is 13.8. The quantitative estimate of drug-likeness (QED) is 0.417. The molecule has 2 fully saturated rings. The van der Waals surface area contributed by atoms with Gasteiger partial charge in [-0.15, -0.1) is 0 Å². The summed E-state index contributed by atoms with van der Waals surface area (Å²) in [6.45, 7) is 12.6. The summed E-state index contributed by atoms with van der Waals surface area (Å²) in [6, 6.07) is 9.57. The molecule has 0 amide bonds. The largest absolute Gasteiger partial charge is 0.497 e. The summed E-state index contributed by atoms with van der Waals surface area (Å²) in [5, 5.41) is 0. The van der Waals surface area contributed by atoms with Crippen molar-refractivity contribution in [3.63, 3.8) is 0 Å². The third kappa shape index (κ3) is 4.47. The Labute approximate surface area is 205 Å². The molecular formula is C28H39NO4S. The normalized spacial score (nSPS) is 22.1. The zero-order chi connectivity index (χ0) is 25.0. The van der Waals surface area contributed by atoms with Crippen molar-refractivity contribution >= 4 is 10.0 Å². The minimum atomic E-state index is -3.79. The second-order valence-electron chi connectivity index (χ2n) is 11.0. The zero-order valence-corrected chi connectivity index (χ0v) is 22.5. The summed E-state index contributed by atoms with van der Waals surface area (Å²) in [5.74, 6) is 2.43. The van der Waals surface area contributed by atoms with Crippen molar-refractivity contribution in [2.75, 3.05) is 14.2 Å². The molecule has 1 atom stereocenters. The maximum absolute atomic E-state index is 14.2. The highest BCUT2D eigenvalue weighted by Gasteiger charge is 2.73. The fourth-order valence-electron chi connectivity index (χ4n) is 5.14. The maximum Gasteiger partial charge on any atom is 0.241 e. The van der Waals surface area contributed by atoms with Crippen LogP contribution in [0.15, 0.2) is 35.2 Å². The fraction of sp³-hybridized carbons (Fsp3) is 0.571. The van der Waals surface area contributed by atoms with E-state index >= 15 is 0 Å². The number of fused-ring (bicyclic) bond motifs is 1. The third-order valence-corrected chi connectivity index (χ3v) is 9.20. The van der Waals surface area contributed by atoms with Crippen LogP contribution >= 0.6 is 0 Å². The van der Waals surface area contributed by atoms with Crippen LogP contribution in [0.5, 0.6) is 11.5 Å². The monoisotopic (exact) mass is 485 g/mol. The van der Waals surface area contributed by atoms with Gasteiger partial charge in [0.1, 0.15) is 11.5 Å². The number of ether oxygens (including phenoxy) is 2. The van der Waals surface area contributed by atoms with E-state index in [4.69, 9.17) is 9.47 Å². The Balaban J connectivity index is 1.83. The van der Waals surface area contributed by atoms with Gasteiger partial charge in [-0.05, 0) is 76.3 Å². The molecule has 186 valence electrons. The van der Waals surface area contributed by atoms with E-state index in [1.807, 2.05) is 18.2 Å². The lowest BCUT2D eigenvalue weighted by Crippen LogP contribution is -2.33. The number of hydrogen-bond acceptors (Lipinski definition) is 4. The number of methoxy groups -OCH3 is 2. The van der Waals surface area contributed by atoms with E-state index in [9.17, 15) is 8.42 Å². The molecule has 2 aromatic carbocycles. The second kappa shape index (κ2) is 8.87. The van der Waals surface area contributed by atoms with Crippen molar-refractivity contribution in [3.8, 4) is 11.5 Å². The fourth-order valence-corrected chi connectivity index (χ4v) is 7.15. The molecule has 0 heterocycles. The predicted molar refractivity (Wildman–Crippen MR) is 136 cm³/mol. The minimum Gasteiger partial charge on any atom is -0.497 e. The summed E-state index contributed by atoms with van der Waals surface area (Å²) in [6.07, 6.45) is 2.11. The van der Waals surface area contributed by atoms with E-state index < -0.39 is 10.0 Å². The Morgan fingerprint density at radius 2 is 1.26 bits per heavy atom. The van der Waals surface area contributed by atoms with Crippen LogP contribution in [0, 0.1) is 11.3 Å². The molecule has 2 aliphatic rings. The summed E-state index contributed by atoms with van der Waals surface area (Å²) >= 11 is 0. The van der Waals surface area contributed by atoms with E-state index in [0.29, 0.717) is 28.2 Å². The van der Waals surface area contributed by atoms with Crippen molar-refractivity contribution in [2.45, 2.75) is 83.1 Å². The molecule has 0 bridgehead atoms. The van der Waals surface area contributed by atoms with Crippen LogP contribution in [0.2, 0.25) is 0 Å². The number of hydrogen-bond donors (Lipinski definition) is 1. The summed E-state index contributed by atoms with van der Waals surface area (Å²) in [7, 11) is -0.552. The first-order valence-electron chi connectivity index (χ1n) is 12.4. The van der Waals surface area contributed by atoms with E-state index in [1.54, 1.807) is 14.2 Å². The molecule has 6 heteroatoms. The highest BCUT2D eigenvalue weighted by Crippen LogP contribution is 2.80. The number of sulfonamides is 1. The van der Waals surface area contributed by atoms with Gasteiger partial charge in [-0.1, -0.05) is 53.7 Å². The predicted octanol–water partition coefficient (Wildman–Crippen LogP) is 6.50. The van der Waals surface area contributed by atoms with E-state index in [2.05, 4.69) is 58.4 Å². The molecule has 1 N–H and O–H groups in total. The lowest BCUT2D eigenvalue weighted by Gasteiger charge is -2.27. The number of benzene rings is 2. The molecule has 4 rings (SSSR count). The number of nitrogens with one attached hydrogen (secondary N) is 1. The molecule has 2 aliphatic carbocycles. The van der Waals surface area contributed by atoms with Gasteiger partial charge in [-0.3, -0.25) is 0 Å². The summed E-state index contributed by atoms with van der Waals surface area (Å²) < 4.78 is 42.5. The van der Waals surface area contributed by atoms with Crippen LogP contribution < -0.4 is 14.2 Å². The molecule has 2 aromatic rings. The van der Waals surface area contributed by atoms with Gasteiger partial charge < -0.3 is 9.47 Å². The van der Waals surface area contributed by atoms with Crippen molar-refractivity contribution in [2.24, 2.45) is 11.3 Å². The summed E-state index contributed by atoms with van der Waals surface area (Å²) in [4.78, 5) is 0.455. The van der Waals surface area contributed by atoms with Crippen molar-refractivity contribution in [1.82, 2.24) is 4.72 Å². The van der Waals surface area contributed by atoms with Gasteiger partial charge in [0.15, 0.2) is 0 Å². The Bertz CT molecular complexity index is 1130. The molecular weight excluding hydrogens is 446 g/mol. The first-order chi connectivity index (χ1) is 15.9. The Morgan fingerprint density at radius 3 is 1.62 bits per heavy atom. The highest BCUT2D eigenvalue weighted by atomic mass is 32.2. The lowest BCUT2D eigenvalue weighted by molar-refractivity contribution is 0.389. The van der Waals surface area contributed by atoms with Crippen molar-refractivity contribution < 1.29 is 17.9 Å². The van der Waals surface area contributed by atoms with Gasteiger partial charge in [0.2, 0.25) is 10.0 Å². The third-order valence-electron chi connectivity index (χ3n) is 7.65. The summed E-state index contributed by atoms with van der Waals surface area (Å²) in [5.41, 5.74) is 3.88. The Kier molecular flexibility index (Phi) is 6.54. The van der Waals surface area contributed by atoms with Crippen LogP contribution in [0.25, 0.3) is 0 Å². The van der Waals surface area contributed by atoms with Gasteiger partial charge in [0.05, 0.1) is 25.2 Å². The van der Waals surface area contributed by atoms with E-state index in [-0.39, 0.29) is 23.3 Å². The van der Waals surface area contributed by atoms with Gasteiger partial charge in [0, 0.05) is 6.07 Å². The molecule has 0 saturated heterocycles. The zero-order valence-electron chi connectivity index (χ0n) is 21.7. The average molecular weight is 486 g/mol. The van der Waals surface area contributed by atoms with Crippen LogP contribution in [-0.2, 0) is 10.0 Å². The SMILES string of the molecule is COc1cc(OC)cc(C(NS(=O)(=O)c2c(C(C)C)cc(C(C)C)cc2C(C)C)C23CC2C3)c1. The minimum absolute atomic E-state index is 0.0122. The molecule has 2 saturated carbocycles. The molecule has 0 aliphatic heterocycles. The molecule has 0 radical (unpaired) electrons. The molecule has 1 unspecified atom stereocenters. The topological polar surface area (TPSA) is 64.6 Å². The first kappa shape index (κ1) is 25.1. The van der Waals surface area contributed by atoms with Crippen molar-refractivity contribution in [1.29, 1.82) is 0 Å². The lowest BCUT2D eigenvalue weighted by atomic mass is 9.89. The highest BCUT2D eigenvalue weighted by molar-refractivity contribution is 7.89. The van der Waals surface area contributed by atoms with E-state index in [1.165, 1.54) is 5.56 Å². The Morgan fingerprint density at radius 1 is 0.794 bits per heavy atom. The number of rotatable bonds is 10. The van der Waals surface area contributed by atoms with Crippen molar-refractivity contribution in [3.05, 3.63) is 52.6 Å². The molecule has 5 nitrogen and oxygen atoms in total. The maximum atomic E-state index is 14.2. The molecule has 0 spiro atoms. The second-order valence-corrected chi connectivity index (χ2v) is 12.7. The molecule has 34 heavy (non-hydrogen) atoms. The Hall–Kier alpha value is -2.05. The van der Waals surface area contributed by atoms with Gasteiger partial charge in [-0.2, -0.15) is 0 Å². The molecule has 0 aromatic heterocycles. The van der Waals surface area contributed by atoms with Crippen LogP contribution in [0.3, 0.4) is 0 Å². The van der Waals surface area contributed by atoms with Crippen LogP contribution in [0.1, 0.15) is 100 Å². The van der Waals surface area contributed by atoms with Gasteiger partial charge in [-0.25, -0.2) is 13.1 Å². The average Bonchev–Trinajstić information content (AvgIpc) is 3.67. The standard InChI is InChI=1S/C28H39NO4S/c1-16(2)19-11-24(17(3)4)26(25(12-19)18(5)6)34(30,31)29-27(28-14-21(28)15-28)20-9-22(32-7)13-23(10-20)33-8/h9-13,16-18,21,27,29H,14-15H2,1-8H3. The van der Waals surface area contributed by atoms with Crippen LogP contribution in [0.4, 0.5) is 0 Å². The van der Waals surface area contributed by atoms with E-state index in [0.717, 1.165) is 29.5 Å². The smallest absolute Gasteiger partial charge is 0.241 e. The van der Waals surface area contributed by atoms with Gasteiger partial charge >= 0.3 is 0 Å².